The number of pyridine rings is 1. The van der Waals surface area contributed by atoms with E-state index >= 15 is 0 Å². The number of benzene rings is 2. The Morgan fingerprint density at radius 2 is 1.29 bits per heavy atom. The van der Waals surface area contributed by atoms with Crippen molar-refractivity contribution in [2.24, 2.45) is 0 Å². The Morgan fingerprint density at radius 1 is 0.714 bits per heavy atom. The molecule has 35 heavy (non-hydrogen) atoms. The van der Waals surface area contributed by atoms with Gasteiger partial charge in [0, 0.05) is 23.4 Å². The molecule has 0 saturated carbocycles. The van der Waals surface area contributed by atoms with Gasteiger partial charge in [0.05, 0.1) is 22.6 Å². The van der Waals surface area contributed by atoms with Crippen molar-refractivity contribution in [2.75, 3.05) is 5.32 Å². The largest absolute Gasteiger partial charge is 0.310 e. The minimum atomic E-state index is -0.217. The van der Waals surface area contributed by atoms with Gasteiger partial charge in [0.25, 0.3) is 0 Å². The van der Waals surface area contributed by atoms with Crippen molar-refractivity contribution in [1.82, 2.24) is 24.9 Å². The van der Waals surface area contributed by atoms with Crippen molar-refractivity contribution in [2.45, 2.75) is 27.7 Å². The summed E-state index contributed by atoms with van der Waals surface area (Å²) in [4.78, 5) is 35.9. The molecular weight excluding hydrogens is 436 g/mol. The Kier molecular flexibility index (Phi) is 5.74. The molecule has 0 saturated heterocycles. The van der Waals surface area contributed by atoms with Crippen LogP contribution in [0.5, 0.6) is 0 Å². The van der Waals surface area contributed by atoms with Gasteiger partial charge in [-0.1, -0.05) is 60.7 Å². The van der Waals surface area contributed by atoms with Gasteiger partial charge in [-0.05, 0) is 32.4 Å². The number of hydrogen-bond donors (Lipinski definition) is 1. The molecule has 2 aromatic carbocycles. The summed E-state index contributed by atoms with van der Waals surface area (Å²) < 4.78 is 0. The number of anilines is 1. The zero-order chi connectivity index (χ0) is 24.5. The molecule has 0 spiro atoms. The Morgan fingerprint density at radius 3 is 1.89 bits per heavy atom. The summed E-state index contributed by atoms with van der Waals surface area (Å²) in [6.07, 6.45) is 0. The summed E-state index contributed by atoms with van der Waals surface area (Å²) in [5, 5.41) is 3.79. The number of hydrogen-bond acceptors (Lipinski definition) is 6. The van der Waals surface area contributed by atoms with Crippen molar-refractivity contribution in [3.05, 3.63) is 83.7 Å². The van der Waals surface area contributed by atoms with E-state index in [2.05, 4.69) is 5.32 Å². The number of rotatable bonds is 4. The van der Waals surface area contributed by atoms with Gasteiger partial charge in [-0.3, -0.25) is 4.79 Å². The van der Waals surface area contributed by atoms with Crippen LogP contribution in [0.1, 0.15) is 23.9 Å². The minimum absolute atomic E-state index is 0.217. The number of amides is 1. The molecule has 172 valence electrons. The van der Waals surface area contributed by atoms with E-state index in [1.54, 1.807) is 0 Å². The van der Waals surface area contributed by atoms with E-state index in [4.69, 9.17) is 24.9 Å². The van der Waals surface area contributed by atoms with Crippen molar-refractivity contribution in [3.63, 3.8) is 0 Å². The number of aryl methyl sites for hydroxylation is 3. The predicted molar refractivity (Wildman–Crippen MR) is 138 cm³/mol. The Hall–Kier alpha value is -4.52. The van der Waals surface area contributed by atoms with Crippen LogP contribution in [0.15, 0.2) is 66.7 Å². The van der Waals surface area contributed by atoms with Crippen molar-refractivity contribution >= 4 is 22.8 Å². The lowest BCUT2D eigenvalue weighted by Crippen LogP contribution is -2.12. The van der Waals surface area contributed by atoms with Gasteiger partial charge in [0.1, 0.15) is 5.82 Å². The molecule has 0 aliphatic heterocycles. The highest BCUT2D eigenvalue weighted by Crippen LogP contribution is 2.33. The van der Waals surface area contributed by atoms with Crippen LogP contribution in [0.3, 0.4) is 0 Å². The summed E-state index contributed by atoms with van der Waals surface area (Å²) in [6.45, 7) is 7.34. The number of fused-ring (bicyclic) bond motifs is 1. The third kappa shape index (κ3) is 4.36. The first-order valence-corrected chi connectivity index (χ1v) is 11.3. The summed E-state index contributed by atoms with van der Waals surface area (Å²) in [7, 11) is 0. The quantitative estimate of drug-likeness (QED) is 0.370. The van der Waals surface area contributed by atoms with E-state index < -0.39 is 0 Å². The summed E-state index contributed by atoms with van der Waals surface area (Å²) in [5.41, 5.74) is 6.26. The highest BCUT2D eigenvalue weighted by molar-refractivity contribution is 5.94. The second kappa shape index (κ2) is 9.02. The molecule has 0 aliphatic rings. The van der Waals surface area contributed by atoms with Gasteiger partial charge in [0.2, 0.25) is 5.91 Å². The van der Waals surface area contributed by atoms with Crippen LogP contribution in [0, 0.1) is 20.8 Å². The normalized spacial score (nSPS) is 11.0. The molecule has 0 bridgehead atoms. The average molecular weight is 461 g/mol. The number of carbonyl (C=O) groups is 1. The van der Waals surface area contributed by atoms with Crippen LogP contribution in [-0.2, 0) is 4.79 Å². The first kappa shape index (κ1) is 22.3. The lowest BCUT2D eigenvalue weighted by molar-refractivity contribution is -0.114. The lowest BCUT2D eigenvalue weighted by Gasteiger charge is -2.15. The van der Waals surface area contributed by atoms with Crippen LogP contribution >= 0.6 is 0 Å². The number of carbonyl (C=O) groups excluding carboxylic acids is 1. The van der Waals surface area contributed by atoms with Crippen LogP contribution in [-0.4, -0.2) is 30.8 Å². The molecule has 0 radical (unpaired) electrons. The molecule has 7 heteroatoms. The topological polar surface area (TPSA) is 93.6 Å². The smallest absolute Gasteiger partial charge is 0.222 e. The molecule has 5 aromatic rings. The summed E-state index contributed by atoms with van der Waals surface area (Å²) in [5.74, 6) is 1.36. The Balaban J connectivity index is 1.72. The SMILES string of the molecule is CC(=O)Nc1nc(-c2ccccc2)nc(C)c1-c1cc(C)c2c(C)nc(-c3ccccc3)nc2n1. The van der Waals surface area contributed by atoms with Gasteiger partial charge in [-0.2, -0.15) is 0 Å². The van der Waals surface area contributed by atoms with E-state index in [1.165, 1.54) is 6.92 Å². The molecule has 1 amide bonds. The molecule has 1 N–H and O–H groups in total. The summed E-state index contributed by atoms with van der Waals surface area (Å²) >= 11 is 0. The zero-order valence-electron chi connectivity index (χ0n) is 20.0. The van der Waals surface area contributed by atoms with Crippen LogP contribution < -0.4 is 5.32 Å². The first-order chi connectivity index (χ1) is 16.9. The van der Waals surface area contributed by atoms with Crippen molar-refractivity contribution < 1.29 is 4.79 Å². The molecule has 3 heterocycles. The zero-order valence-corrected chi connectivity index (χ0v) is 20.0. The molecule has 0 unspecified atom stereocenters. The number of aromatic nitrogens is 5. The van der Waals surface area contributed by atoms with Crippen LogP contribution in [0.4, 0.5) is 5.82 Å². The molecule has 0 fully saturated rings. The Labute approximate surface area is 203 Å². The van der Waals surface area contributed by atoms with E-state index in [-0.39, 0.29) is 5.91 Å². The van der Waals surface area contributed by atoms with E-state index in [0.29, 0.717) is 40.1 Å². The molecule has 3 aromatic heterocycles. The van der Waals surface area contributed by atoms with E-state index in [9.17, 15) is 4.79 Å². The molecule has 0 aliphatic carbocycles. The Bertz CT molecular complexity index is 1570. The van der Waals surface area contributed by atoms with E-state index in [1.807, 2.05) is 87.5 Å². The second-order valence-corrected chi connectivity index (χ2v) is 8.43. The second-order valence-electron chi connectivity index (χ2n) is 8.43. The number of nitrogens with one attached hydrogen (secondary N) is 1. The van der Waals surface area contributed by atoms with Gasteiger partial charge >= 0.3 is 0 Å². The molecule has 5 rings (SSSR count). The molecule has 0 atom stereocenters. The third-order valence-electron chi connectivity index (χ3n) is 5.75. The van der Waals surface area contributed by atoms with E-state index in [0.717, 1.165) is 27.8 Å². The summed E-state index contributed by atoms with van der Waals surface area (Å²) in [6, 6.07) is 21.5. The monoisotopic (exact) mass is 460 g/mol. The van der Waals surface area contributed by atoms with Gasteiger partial charge < -0.3 is 5.32 Å². The van der Waals surface area contributed by atoms with Crippen molar-refractivity contribution in [1.29, 1.82) is 0 Å². The number of nitrogens with zero attached hydrogens (tertiary/aromatic N) is 5. The fourth-order valence-electron chi connectivity index (χ4n) is 4.22. The maximum absolute atomic E-state index is 12.1. The maximum atomic E-state index is 12.1. The van der Waals surface area contributed by atoms with Crippen molar-refractivity contribution in [3.8, 4) is 34.0 Å². The third-order valence-corrected chi connectivity index (χ3v) is 5.75. The van der Waals surface area contributed by atoms with Gasteiger partial charge in [-0.25, -0.2) is 24.9 Å². The fourth-order valence-corrected chi connectivity index (χ4v) is 4.22. The van der Waals surface area contributed by atoms with Crippen LogP contribution in [0.2, 0.25) is 0 Å². The molecule has 7 nitrogen and oxygen atoms in total. The van der Waals surface area contributed by atoms with Gasteiger partial charge in [0.15, 0.2) is 17.3 Å². The first-order valence-electron chi connectivity index (χ1n) is 11.3. The highest BCUT2D eigenvalue weighted by Gasteiger charge is 2.19. The average Bonchev–Trinajstić information content (AvgIpc) is 2.84. The predicted octanol–water partition coefficient (Wildman–Crippen LogP) is 5.70. The van der Waals surface area contributed by atoms with Crippen LogP contribution in [0.25, 0.3) is 45.1 Å². The standard InChI is InChI=1S/C28H24N6O/c1-16-15-22(32-27-23(16)17(2)29-25(33-27)20-11-7-5-8-12-20)24-18(3)30-26(21-13-9-6-10-14-21)34-28(24)31-19(4)35/h5-15H,1-4H3,(H,30,31,34,35). The highest BCUT2D eigenvalue weighted by atomic mass is 16.1. The maximum Gasteiger partial charge on any atom is 0.222 e. The lowest BCUT2D eigenvalue weighted by atomic mass is 10.0. The molecular formula is C28H24N6O. The fraction of sp³-hybridized carbons (Fsp3) is 0.143. The minimum Gasteiger partial charge on any atom is -0.310 e. The van der Waals surface area contributed by atoms with Gasteiger partial charge in [-0.15, -0.1) is 0 Å².